The average molecular weight is 467 g/mol. The number of carbonyl (C=O) groups excluding carboxylic acids is 2. The molecule has 0 atom stereocenters. The van der Waals surface area contributed by atoms with E-state index in [4.69, 9.17) is 16.3 Å². The zero-order valence-corrected chi connectivity index (χ0v) is 19.6. The van der Waals surface area contributed by atoms with Crippen molar-refractivity contribution in [1.82, 2.24) is 14.8 Å². The van der Waals surface area contributed by atoms with Crippen LogP contribution in [0.2, 0.25) is 5.02 Å². The lowest BCUT2D eigenvalue weighted by atomic mass is 10.1. The lowest BCUT2D eigenvalue weighted by molar-refractivity contribution is -0.135. The molecule has 0 bridgehead atoms. The van der Waals surface area contributed by atoms with E-state index < -0.39 is 0 Å². The van der Waals surface area contributed by atoms with E-state index >= 15 is 0 Å². The van der Waals surface area contributed by atoms with Gasteiger partial charge in [0.2, 0.25) is 5.91 Å². The van der Waals surface area contributed by atoms with E-state index in [1.165, 1.54) is 0 Å². The SMILES string of the molecule is Cc1cccc(C)c1NC(=O)CN1CCN(C(=O)COc2ccc(Cl)c3cccnc23)CC1. The minimum absolute atomic E-state index is 0.0439. The molecule has 2 amide bonds. The first-order valence-corrected chi connectivity index (χ1v) is 11.3. The van der Waals surface area contributed by atoms with Crippen molar-refractivity contribution < 1.29 is 14.3 Å². The molecule has 7 nitrogen and oxygen atoms in total. The highest BCUT2D eigenvalue weighted by atomic mass is 35.5. The summed E-state index contributed by atoms with van der Waals surface area (Å²) in [7, 11) is 0. The standard InChI is InChI=1S/C25H27ClN4O3/c1-17-5-3-6-18(2)24(17)28-22(31)15-29-11-13-30(14-12-29)23(32)16-33-21-9-8-20(26)19-7-4-10-27-25(19)21/h3-10H,11-16H2,1-2H3,(H,28,31). The molecular formula is C25H27ClN4O3. The van der Waals surface area contributed by atoms with E-state index in [1.54, 1.807) is 23.2 Å². The second kappa shape index (κ2) is 10.2. The van der Waals surface area contributed by atoms with Crippen LogP contribution in [0.4, 0.5) is 5.69 Å². The van der Waals surface area contributed by atoms with Crippen LogP contribution in [0.5, 0.6) is 5.75 Å². The summed E-state index contributed by atoms with van der Waals surface area (Å²) in [6.07, 6.45) is 1.67. The molecule has 1 saturated heterocycles. The van der Waals surface area contributed by atoms with E-state index in [0.717, 1.165) is 22.2 Å². The van der Waals surface area contributed by atoms with Crippen molar-refractivity contribution in [2.24, 2.45) is 0 Å². The van der Waals surface area contributed by atoms with Crippen LogP contribution >= 0.6 is 11.6 Å². The van der Waals surface area contributed by atoms with Crippen molar-refractivity contribution in [3.63, 3.8) is 0 Å². The lowest BCUT2D eigenvalue weighted by Crippen LogP contribution is -2.51. The van der Waals surface area contributed by atoms with Crippen molar-refractivity contribution in [3.8, 4) is 5.75 Å². The van der Waals surface area contributed by atoms with E-state index in [9.17, 15) is 9.59 Å². The van der Waals surface area contributed by atoms with Gasteiger partial charge >= 0.3 is 0 Å². The summed E-state index contributed by atoms with van der Waals surface area (Å²) in [4.78, 5) is 33.4. The molecule has 172 valence electrons. The zero-order valence-electron chi connectivity index (χ0n) is 18.8. The number of nitrogens with one attached hydrogen (secondary N) is 1. The molecule has 0 spiro atoms. The molecular weight excluding hydrogens is 440 g/mol. The molecule has 0 saturated carbocycles. The van der Waals surface area contributed by atoms with Crippen LogP contribution in [0.3, 0.4) is 0 Å². The smallest absolute Gasteiger partial charge is 0.260 e. The molecule has 1 aromatic heterocycles. The van der Waals surface area contributed by atoms with Crippen LogP contribution in [0, 0.1) is 13.8 Å². The minimum atomic E-state index is -0.0892. The number of anilines is 1. The monoisotopic (exact) mass is 466 g/mol. The largest absolute Gasteiger partial charge is 0.481 e. The highest BCUT2D eigenvalue weighted by Crippen LogP contribution is 2.29. The number of halogens is 1. The Morgan fingerprint density at radius 1 is 1.03 bits per heavy atom. The third kappa shape index (κ3) is 5.43. The van der Waals surface area contributed by atoms with Crippen LogP contribution in [0.25, 0.3) is 10.9 Å². The molecule has 0 radical (unpaired) electrons. The Hall–Kier alpha value is -3.16. The molecule has 0 unspecified atom stereocenters. The molecule has 4 rings (SSSR count). The minimum Gasteiger partial charge on any atom is -0.481 e. The number of amides is 2. The Morgan fingerprint density at radius 2 is 1.76 bits per heavy atom. The Kier molecular flexibility index (Phi) is 7.11. The fraction of sp³-hybridized carbons (Fsp3) is 0.320. The quantitative estimate of drug-likeness (QED) is 0.600. The molecule has 2 heterocycles. The lowest BCUT2D eigenvalue weighted by Gasteiger charge is -2.34. The van der Waals surface area contributed by atoms with Crippen molar-refractivity contribution in [2.45, 2.75) is 13.8 Å². The summed E-state index contributed by atoms with van der Waals surface area (Å²) in [6.45, 7) is 6.58. The number of fused-ring (bicyclic) bond motifs is 1. The molecule has 1 fully saturated rings. The predicted molar refractivity (Wildman–Crippen MR) is 130 cm³/mol. The van der Waals surface area contributed by atoms with Gasteiger partial charge in [-0.3, -0.25) is 19.5 Å². The van der Waals surface area contributed by atoms with Gasteiger partial charge in [-0.1, -0.05) is 29.8 Å². The summed E-state index contributed by atoms with van der Waals surface area (Å²) >= 11 is 6.22. The molecule has 2 aromatic carbocycles. The van der Waals surface area contributed by atoms with Crippen molar-refractivity contribution in [2.75, 3.05) is 44.6 Å². The third-order valence-corrected chi connectivity index (χ3v) is 6.20. The van der Waals surface area contributed by atoms with E-state index in [-0.39, 0.29) is 18.4 Å². The van der Waals surface area contributed by atoms with Gasteiger partial charge in [-0.05, 0) is 49.2 Å². The second-order valence-electron chi connectivity index (χ2n) is 8.21. The molecule has 33 heavy (non-hydrogen) atoms. The Bertz CT molecular complexity index is 1160. The number of pyridine rings is 1. The number of aromatic nitrogens is 1. The van der Waals surface area contributed by atoms with Crippen LogP contribution in [0.15, 0.2) is 48.7 Å². The van der Waals surface area contributed by atoms with Gasteiger partial charge in [0.15, 0.2) is 6.61 Å². The number of para-hydroxylation sites is 1. The van der Waals surface area contributed by atoms with Gasteiger partial charge in [0, 0.05) is 43.4 Å². The number of nitrogens with zero attached hydrogens (tertiary/aromatic N) is 3. The van der Waals surface area contributed by atoms with Gasteiger partial charge in [0.05, 0.1) is 11.6 Å². The summed E-state index contributed by atoms with van der Waals surface area (Å²) in [5.41, 5.74) is 3.60. The molecule has 8 heteroatoms. The summed E-state index contributed by atoms with van der Waals surface area (Å²) in [5, 5.41) is 4.40. The van der Waals surface area contributed by atoms with Gasteiger partial charge in [-0.25, -0.2) is 0 Å². The number of ether oxygens (including phenoxy) is 1. The summed E-state index contributed by atoms with van der Waals surface area (Å²) in [5.74, 6) is 0.399. The number of rotatable bonds is 6. The van der Waals surface area contributed by atoms with E-state index in [1.807, 2.05) is 44.2 Å². The highest BCUT2D eigenvalue weighted by Gasteiger charge is 2.23. The second-order valence-corrected chi connectivity index (χ2v) is 8.61. The predicted octanol–water partition coefficient (Wildman–Crippen LogP) is 3.67. The first kappa shape index (κ1) is 23.0. The number of carbonyl (C=O) groups is 2. The summed E-state index contributed by atoms with van der Waals surface area (Å²) in [6, 6.07) is 13.1. The van der Waals surface area contributed by atoms with E-state index in [2.05, 4.69) is 15.2 Å². The van der Waals surface area contributed by atoms with E-state index in [0.29, 0.717) is 49.0 Å². The maximum Gasteiger partial charge on any atom is 0.260 e. The zero-order chi connectivity index (χ0) is 23.4. The van der Waals surface area contributed by atoms with Gasteiger partial charge in [0.1, 0.15) is 11.3 Å². The fourth-order valence-corrected chi connectivity index (χ4v) is 4.22. The summed E-state index contributed by atoms with van der Waals surface area (Å²) < 4.78 is 5.78. The Labute approximate surface area is 198 Å². The van der Waals surface area contributed by atoms with Crippen molar-refractivity contribution in [3.05, 3.63) is 64.8 Å². The van der Waals surface area contributed by atoms with Crippen LogP contribution in [0.1, 0.15) is 11.1 Å². The van der Waals surface area contributed by atoms with Crippen LogP contribution < -0.4 is 10.1 Å². The average Bonchev–Trinajstić information content (AvgIpc) is 2.81. The number of benzene rings is 2. The van der Waals surface area contributed by atoms with Gasteiger partial charge < -0.3 is 15.0 Å². The van der Waals surface area contributed by atoms with Gasteiger partial charge in [0.25, 0.3) is 5.91 Å². The van der Waals surface area contributed by atoms with Crippen molar-refractivity contribution >= 4 is 40.0 Å². The maximum atomic E-state index is 12.7. The Morgan fingerprint density at radius 3 is 2.48 bits per heavy atom. The first-order chi connectivity index (χ1) is 15.9. The molecule has 1 N–H and O–H groups in total. The fourth-order valence-electron chi connectivity index (χ4n) is 4.01. The Balaban J connectivity index is 1.26. The third-order valence-electron chi connectivity index (χ3n) is 5.87. The molecule has 1 aliphatic rings. The van der Waals surface area contributed by atoms with Gasteiger partial charge in [-0.15, -0.1) is 0 Å². The number of hydrogen-bond acceptors (Lipinski definition) is 5. The maximum absolute atomic E-state index is 12.7. The van der Waals surface area contributed by atoms with Crippen molar-refractivity contribution in [1.29, 1.82) is 0 Å². The molecule has 0 aliphatic carbocycles. The van der Waals surface area contributed by atoms with Crippen LogP contribution in [-0.4, -0.2) is 65.9 Å². The molecule has 1 aliphatic heterocycles. The highest BCUT2D eigenvalue weighted by molar-refractivity contribution is 6.35. The normalized spacial score (nSPS) is 14.3. The topological polar surface area (TPSA) is 74.8 Å². The number of hydrogen-bond donors (Lipinski definition) is 1. The molecule has 3 aromatic rings. The number of aryl methyl sites for hydroxylation is 2. The van der Waals surface area contributed by atoms with Crippen LogP contribution in [-0.2, 0) is 9.59 Å². The first-order valence-electron chi connectivity index (χ1n) is 10.9. The number of piperazine rings is 1. The van der Waals surface area contributed by atoms with Gasteiger partial charge in [-0.2, -0.15) is 0 Å².